The summed E-state index contributed by atoms with van der Waals surface area (Å²) in [5.41, 5.74) is 0.643. The molecule has 3 heterocycles. The molecule has 0 bridgehead atoms. The van der Waals surface area contributed by atoms with Crippen molar-refractivity contribution in [3.63, 3.8) is 0 Å². The van der Waals surface area contributed by atoms with Crippen LogP contribution in [0.5, 0.6) is 0 Å². The third-order valence-corrected chi connectivity index (χ3v) is 4.45. The number of amides is 3. The van der Waals surface area contributed by atoms with Crippen molar-refractivity contribution in [1.29, 1.82) is 0 Å². The number of nitrogens with one attached hydrogen (secondary N) is 1. The van der Waals surface area contributed by atoms with E-state index in [9.17, 15) is 9.59 Å². The molecule has 9 heteroatoms. The molecular weight excluding hydrogens is 348 g/mol. The van der Waals surface area contributed by atoms with Crippen molar-refractivity contribution in [3.8, 4) is 11.5 Å². The first-order valence-corrected chi connectivity index (χ1v) is 9.02. The lowest BCUT2D eigenvalue weighted by molar-refractivity contribution is -0.126. The second-order valence-corrected chi connectivity index (χ2v) is 6.73. The first-order valence-electron chi connectivity index (χ1n) is 9.02. The smallest absolute Gasteiger partial charge is 0.319 e. The third-order valence-electron chi connectivity index (χ3n) is 4.45. The molecule has 1 N–H and O–H groups in total. The van der Waals surface area contributed by atoms with Crippen molar-refractivity contribution in [3.05, 3.63) is 30.3 Å². The van der Waals surface area contributed by atoms with E-state index < -0.39 is 0 Å². The van der Waals surface area contributed by atoms with Crippen LogP contribution >= 0.6 is 0 Å². The Morgan fingerprint density at radius 1 is 1.37 bits per heavy atom. The Kier molecular flexibility index (Phi) is 6.00. The van der Waals surface area contributed by atoms with E-state index in [1.807, 2.05) is 12.1 Å². The first-order chi connectivity index (χ1) is 13.0. The van der Waals surface area contributed by atoms with E-state index >= 15 is 0 Å². The van der Waals surface area contributed by atoms with Crippen LogP contribution in [0.1, 0.15) is 18.7 Å². The van der Waals surface area contributed by atoms with Gasteiger partial charge in [0.15, 0.2) is 0 Å². The summed E-state index contributed by atoms with van der Waals surface area (Å²) in [6, 6.07) is 5.42. The largest absolute Gasteiger partial charge is 0.355 e. The minimum absolute atomic E-state index is 0.0456. The molecular formula is C18H24N6O3. The van der Waals surface area contributed by atoms with Gasteiger partial charge in [0.2, 0.25) is 17.6 Å². The van der Waals surface area contributed by atoms with Gasteiger partial charge in [0.1, 0.15) is 5.69 Å². The molecule has 3 rings (SSSR count). The van der Waals surface area contributed by atoms with Gasteiger partial charge in [-0.05, 0) is 25.0 Å². The maximum Gasteiger partial charge on any atom is 0.319 e. The number of rotatable bonds is 5. The Morgan fingerprint density at radius 2 is 2.22 bits per heavy atom. The molecule has 1 saturated heterocycles. The van der Waals surface area contributed by atoms with Crippen LogP contribution in [0.4, 0.5) is 4.79 Å². The normalized spacial score (nSPS) is 16.8. The summed E-state index contributed by atoms with van der Waals surface area (Å²) in [6.45, 7) is 1.55. The van der Waals surface area contributed by atoms with Crippen LogP contribution in [0, 0.1) is 5.92 Å². The molecule has 9 nitrogen and oxygen atoms in total. The topological polar surface area (TPSA) is 104 Å². The van der Waals surface area contributed by atoms with Crippen LogP contribution in [-0.2, 0) is 11.2 Å². The Bertz CT molecular complexity index is 776. The van der Waals surface area contributed by atoms with Crippen molar-refractivity contribution in [1.82, 2.24) is 30.2 Å². The van der Waals surface area contributed by atoms with E-state index in [1.165, 1.54) is 4.90 Å². The Hall–Kier alpha value is -2.97. The summed E-state index contributed by atoms with van der Waals surface area (Å²) in [5.74, 6) is 0.649. The number of piperidine rings is 1. The lowest BCUT2D eigenvalue weighted by atomic mass is 9.97. The number of pyridine rings is 1. The van der Waals surface area contributed by atoms with Crippen LogP contribution in [-0.4, -0.2) is 70.6 Å². The molecule has 1 aliphatic rings. The van der Waals surface area contributed by atoms with E-state index in [2.05, 4.69) is 20.4 Å². The maximum absolute atomic E-state index is 12.4. The van der Waals surface area contributed by atoms with Gasteiger partial charge in [-0.15, -0.1) is 0 Å². The van der Waals surface area contributed by atoms with Crippen molar-refractivity contribution in [2.24, 2.45) is 5.92 Å². The van der Waals surface area contributed by atoms with Gasteiger partial charge in [-0.2, -0.15) is 4.98 Å². The molecule has 0 radical (unpaired) electrons. The Balaban J connectivity index is 1.47. The van der Waals surface area contributed by atoms with Crippen LogP contribution in [0.2, 0.25) is 0 Å². The SMILES string of the molecule is CN(C)C(=O)N1CCC[C@@H](C(=O)NCCc2nc(-c3ccccn3)no2)C1. The predicted molar refractivity (Wildman–Crippen MR) is 97.6 cm³/mol. The van der Waals surface area contributed by atoms with Gasteiger partial charge in [-0.3, -0.25) is 9.78 Å². The van der Waals surface area contributed by atoms with Crippen molar-refractivity contribution >= 4 is 11.9 Å². The van der Waals surface area contributed by atoms with Gasteiger partial charge >= 0.3 is 6.03 Å². The summed E-state index contributed by atoms with van der Waals surface area (Å²) in [6.07, 6.45) is 3.72. The van der Waals surface area contributed by atoms with E-state index in [4.69, 9.17) is 4.52 Å². The number of aromatic nitrogens is 3. The average molecular weight is 372 g/mol. The van der Waals surface area contributed by atoms with E-state index in [0.29, 0.717) is 43.5 Å². The lowest BCUT2D eigenvalue weighted by Gasteiger charge is -2.33. The van der Waals surface area contributed by atoms with Gasteiger partial charge in [0.05, 0.1) is 5.92 Å². The molecule has 0 saturated carbocycles. The molecule has 27 heavy (non-hydrogen) atoms. The molecule has 0 aliphatic carbocycles. The fourth-order valence-corrected chi connectivity index (χ4v) is 3.04. The van der Waals surface area contributed by atoms with Crippen molar-refractivity contribution < 1.29 is 14.1 Å². The summed E-state index contributed by atoms with van der Waals surface area (Å²) < 4.78 is 5.21. The predicted octanol–water partition coefficient (Wildman–Crippen LogP) is 1.18. The highest BCUT2D eigenvalue weighted by Gasteiger charge is 2.28. The number of carbonyl (C=O) groups excluding carboxylic acids is 2. The lowest BCUT2D eigenvalue weighted by Crippen LogP contribution is -2.48. The molecule has 1 aliphatic heterocycles. The fourth-order valence-electron chi connectivity index (χ4n) is 3.04. The first kappa shape index (κ1) is 18.8. The molecule has 1 atom stereocenters. The number of urea groups is 1. The summed E-state index contributed by atoms with van der Waals surface area (Å²) in [4.78, 5) is 36.2. The molecule has 1 fully saturated rings. The van der Waals surface area contributed by atoms with Crippen LogP contribution < -0.4 is 5.32 Å². The minimum atomic E-state index is -0.186. The van der Waals surface area contributed by atoms with Crippen LogP contribution in [0.25, 0.3) is 11.5 Å². The van der Waals surface area contributed by atoms with Gasteiger partial charge in [0.25, 0.3) is 0 Å². The second-order valence-electron chi connectivity index (χ2n) is 6.73. The quantitative estimate of drug-likeness (QED) is 0.845. The Morgan fingerprint density at radius 3 is 2.96 bits per heavy atom. The zero-order chi connectivity index (χ0) is 19.2. The molecule has 0 unspecified atom stereocenters. The fraction of sp³-hybridized carbons (Fsp3) is 0.500. The molecule has 0 aromatic carbocycles. The van der Waals surface area contributed by atoms with E-state index in [0.717, 1.165) is 12.8 Å². The second kappa shape index (κ2) is 8.61. The van der Waals surface area contributed by atoms with Gasteiger partial charge in [-0.1, -0.05) is 11.2 Å². The third kappa shape index (κ3) is 4.81. The minimum Gasteiger partial charge on any atom is -0.355 e. The maximum atomic E-state index is 12.4. The standard InChI is InChI=1S/C18H24N6O3/c1-23(2)18(26)24-11-5-6-13(12-24)17(25)20-10-8-15-21-16(22-27-15)14-7-3-4-9-19-14/h3-4,7,9,13H,5-6,8,10-12H2,1-2H3,(H,20,25)/t13-/m1/s1. The molecule has 0 spiro atoms. The molecule has 2 aromatic heterocycles. The number of hydrogen-bond donors (Lipinski definition) is 1. The van der Waals surface area contributed by atoms with E-state index in [1.54, 1.807) is 31.3 Å². The summed E-state index contributed by atoms with van der Waals surface area (Å²) >= 11 is 0. The van der Waals surface area contributed by atoms with Crippen molar-refractivity contribution in [2.75, 3.05) is 33.7 Å². The molecule has 2 aromatic rings. The highest BCUT2D eigenvalue weighted by molar-refractivity contribution is 5.80. The zero-order valence-electron chi connectivity index (χ0n) is 15.6. The zero-order valence-corrected chi connectivity index (χ0v) is 15.6. The van der Waals surface area contributed by atoms with Crippen LogP contribution in [0.3, 0.4) is 0 Å². The van der Waals surface area contributed by atoms with E-state index in [-0.39, 0.29) is 17.9 Å². The number of nitrogens with zero attached hydrogens (tertiary/aromatic N) is 5. The molecule has 3 amide bonds. The summed E-state index contributed by atoms with van der Waals surface area (Å²) in [5, 5.41) is 6.81. The highest BCUT2D eigenvalue weighted by Crippen LogP contribution is 2.17. The van der Waals surface area contributed by atoms with Gasteiger partial charge < -0.3 is 19.6 Å². The van der Waals surface area contributed by atoms with Crippen molar-refractivity contribution in [2.45, 2.75) is 19.3 Å². The number of likely N-dealkylation sites (tertiary alicyclic amines) is 1. The summed E-state index contributed by atoms with van der Waals surface area (Å²) in [7, 11) is 3.44. The highest BCUT2D eigenvalue weighted by atomic mass is 16.5. The number of carbonyl (C=O) groups is 2. The molecule has 144 valence electrons. The Labute approximate surface area is 157 Å². The average Bonchev–Trinajstić information content (AvgIpc) is 3.17. The van der Waals surface area contributed by atoms with Gasteiger partial charge in [0, 0.05) is 46.3 Å². The van der Waals surface area contributed by atoms with Crippen LogP contribution in [0.15, 0.2) is 28.9 Å². The van der Waals surface area contributed by atoms with Gasteiger partial charge in [-0.25, -0.2) is 4.79 Å². The number of hydrogen-bond acceptors (Lipinski definition) is 6. The monoisotopic (exact) mass is 372 g/mol.